The summed E-state index contributed by atoms with van der Waals surface area (Å²) < 4.78 is 0. The van der Waals surface area contributed by atoms with E-state index in [9.17, 15) is 0 Å². The van der Waals surface area contributed by atoms with E-state index in [-0.39, 0.29) is 0 Å². The third kappa shape index (κ3) is 4.86. The van der Waals surface area contributed by atoms with Crippen LogP contribution in [0.25, 0.3) is 0 Å². The van der Waals surface area contributed by atoms with Gasteiger partial charge in [-0.25, -0.2) is 4.98 Å². The van der Waals surface area contributed by atoms with Crippen LogP contribution in [0.5, 0.6) is 0 Å². The van der Waals surface area contributed by atoms with E-state index in [0.717, 1.165) is 18.9 Å². The van der Waals surface area contributed by atoms with Crippen molar-refractivity contribution in [3.8, 4) is 0 Å². The van der Waals surface area contributed by atoms with Crippen LogP contribution < -0.4 is 10.2 Å². The van der Waals surface area contributed by atoms with Crippen LogP contribution in [0.4, 0.5) is 5.82 Å². The Balaban J connectivity index is 2.55. The predicted octanol–water partition coefficient (Wildman–Crippen LogP) is 2.77. The van der Waals surface area contributed by atoms with Gasteiger partial charge < -0.3 is 10.2 Å². The average molecular weight is 267 g/mol. The normalized spacial score (nSPS) is 12.4. The number of hydrogen-bond acceptors (Lipinski definition) is 4. The van der Waals surface area contributed by atoms with E-state index in [1.165, 1.54) is 17.7 Å². The number of rotatable bonds is 8. The van der Waals surface area contributed by atoms with E-state index < -0.39 is 0 Å². The van der Waals surface area contributed by atoms with Gasteiger partial charge in [-0.1, -0.05) is 13.0 Å². The lowest BCUT2D eigenvalue weighted by Crippen LogP contribution is -2.30. The van der Waals surface area contributed by atoms with Crippen molar-refractivity contribution in [3.05, 3.63) is 23.9 Å². The minimum atomic E-state index is 0.532. The van der Waals surface area contributed by atoms with Crippen LogP contribution >= 0.6 is 11.8 Å². The van der Waals surface area contributed by atoms with Crippen LogP contribution in [-0.2, 0) is 6.54 Å². The second kappa shape index (κ2) is 8.38. The van der Waals surface area contributed by atoms with Crippen LogP contribution in [0.3, 0.4) is 0 Å². The molecule has 1 heterocycles. The second-order valence-electron chi connectivity index (χ2n) is 4.55. The molecule has 3 nitrogen and oxygen atoms in total. The van der Waals surface area contributed by atoms with Crippen LogP contribution in [0.1, 0.15) is 25.8 Å². The standard InChI is InChI=1S/C14H25N3S/c1-5-15-10-13-6-7-14(16-11-13)17(3)12(2)8-9-18-4/h6-7,11-12,15H,5,8-10H2,1-4H3. The van der Waals surface area contributed by atoms with Gasteiger partial charge in [0.2, 0.25) is 0 Å². The molecule has 0 saturated carbocycles. The molecular formula is C14H25N3S. The highest BCUT2D eigenvalue weighted by atomic mass is 32.2. The molecule has 0 saturated heterocycles. The summed E-state index contributed by atoms with van der Waals surface area (Å²) in [6.07, 6.45) is 5.31. The van der Waals surface area contributed by atoms with Crippen LogP contribution in [0.2, 0.25) is 0 Å². The number of thioether (sulfide) groups is 1. The van der Waals surface area contributed by atoms with Gasteiger partial charge in [-0.3, -0.25) is 0 Å². The van der Waals surface area contributed by atoms with Gasteiger partial charge in [-0.15, -0.1) is 0 Å². The van der Waals surface area contributed by atoms with Gasteiger partial charge in [0, 0.05) is 25.8 Å². The molecule has 0 fully saturated rings. The first-order valence-electron chi connectivity index (χ1n) is 6.56. The Hall–Kier alpha value is -0.740. The fourth-order valence-corrected chi connectivity index (χ4v) is 2.28. The van der Waals surface area contributed by atoms with Gasteiger partial charge in [0.25, 0.3) is 0 Å². The van der Waals surface area contributed by atoms with Crippen molar-refractivity contribution in [3.63, 3.8) is 0 Å². The Morgan fingerprint density at radius 2 is 2.22 bits per heavy atom. The Bertz CT molecular complexity index is 326. The lowest BCUT2D eigenvalue weighted by atomic mass is 10.2. The minimum Gasteiger partial charge on any atom is -0.357 e. The lowest BCUT2D eigenvalue weighted by molar-refractivity contribution is 0.661. The number of nitrogens with one attached hydrogen (secondary N) is 1. The van der Waals surface area contributed by atoms with Crippen molar-refractivity contribution < 1.29 is 0 Å². The largest absolute Gasteiger partial charge is 0.357 e. The highest BCUT2D eigenvalue weighted by Gasteiger charge is 2.10. The fourth-order valence-electron chi connectivity index (χ4n) is 1.71. The highest BCUT2D eigenvalue weighted by molar-refractivity contribution is 7.98. The van der Waals surface area contributed by atoms with E-state index >= 15 is 0 Å². The van der Waals surface area contributed by atoms with E-state index in [0.29, 0.717) is 6.04 Å². The summed E-state index contributed by atoms with van der Waals surface area (Å²) >= 11 is 1.90. The van der Waals surface area contributed by atoms with E-state index in [4.69, 9.17) is 0 Å². The molecule has 0 bridgehead atoms. The maximum absolute atomic E-state index is 4.54. The molecule has 4 heteroatoms. The summed E-state index contributed by atoms with van der Waals surface area (Å²) in [6, 6.07) is 4.80. The number of hydrogen-bond donors (Lipinski definition) is 1. The summed E-state index contributed by atoms with van der Waals surface area (Å²) in [5.41, 5.74) is 1.24. The molecule has 0 aliphatic heterocycles. The summed E-state index contributed by atoms with van der Waals surface area (Å²) in [6.45, 7) is 6.26. The first-order chi connectivity index (χ1) is 8.69. The molecule has 1 N–H and O–H groups in total. The van der Waals surface area contributed by atoms with Crippen molar-refractivity contribution >= 4 is 17.6 Å². The molecule has 0 amide bonds. The monoisotopic (exact) mass is 267 g/mol. The number of nitrogens with zero attached hydrogens (tertiary/aromatic N) is 2. The van der Waals surface area contributed by atoms with E-state index in [1.807, 2.05) is 18.0 Å². The molecule has 0 radical (unpaired) electrons. The van der Waals surface area contributed by atoms with Crippen LogP contribution in [0, 0.1) is 0 Å². The molecule has 1 rings (SSSR count). The number of pyridine rings is 1. The summed E-state index contributed by atoms with van der Waals surface area (Å²) in [4.78, 5) is 6.80. The number of aromatic nitrogens is 1. The Morgan fingerprint density at radius 1 is 1.44 bits per heavy atom. The molecule has 0 aliphatic carbocycles. The predicted molar refractivity (Wildman–Crippen MR) is 82.5 cm³/mol. The molecule has 1 aromatic heterocycles. The zero-order valence-corrected chi connectivity index (χ0v) is 12.8. The number of anilines is 1. The van der Waals surface area contributed by atoms with Crippen LogP contribution in [0.15, 0.2) is 18.3 Å². The third-order valence-electron chi connectivity index (χ3n) is 3.15. The van der Waals surface area contributed by atoms with E-state index in [2.05, 4.69) is 54.5 Å². The van der Waals surface area contributed by atoms with Crippen molar-refractivity contribution in [2.24, 2.45) is 0 Å². The molecule has 0 aliphatic rings. The van der Waals surface area contributed by atoms with Crippen LogP contribution in [-0.4, -0.2) is 36.6 Å². The van der Waals surface area contributed by atoms with Gasteiger partial charge in [0.1, 0.15) is 5.82 Å². The molecular weight excluding hydrogens is 242 g/mol. The maximum Gasteiger partial charge on any atom is 0.128 e. The zero-order chi connectivity index (χ0) is 13.4. The lowest BCUT2D eigenvalue weighted by Gasteiger charge is -2.25. The van der Waals surface area contributed by atoms with Crippen molar-refractivity contribution in [2.45, 2.75) is 32.9 Å². The Labute approximate surface area is 115 Å². The first-order valence-corrected chi connectivity index (χ1v) is 7.95. The van der Waals surface area contributed by atoms with Gasteiger partial charge in [0.15, 0.2) is 0 Å². The summed E-state index contributed by atoms with van der Waals surface area (Å²) in [5.74, 6) is 2.26. The average Bonchev–Trinajstić information content (AvgIpc) is 2.42. The minimum absolute atomic E-state index is 0.532. The Kier molecular flexibility index (Phi) is 7.13. The molecule has 1 atom stereocenters. The molecule has 18 heavy (non-hydrogen) atoms. The Morgan fingerprint density at radius 3 is 2.78 bits per heavy atom. The summed E-state index contributed by atoms with van der Waals surface area (Å²) in [7, 11) is 2.12. The molecule has 102 valence electrons. The fraction of sp³-hybridized carbons (Fsp3) is 0.643. The van der Waals surface area contributed by atoms with Gasteiger partial charge >= 0.3 is 0 Å². The molecule has 1 aromatic rings. The molecule has 1 unspecified atom stereocenters. The highest BCUT2D eigenvalue weighted by Crippen LogP contribution is 2.15. The van der Waals surface area contributed by atoms with Gasteiger partial charge in [0.05, 0.1) is 0 Å². The third-order valence-corrected chi connectivity index (χ3v) is 3.79. The first kappa shape index (κ1) is 15.3. The maximum atomic E-state index is 4.54. The van der Waals surface area contributed by atoms with Crippen molar-refractivity contribution in [1.29, 1.82) is 0 Å². The van der Waals surface area contributed by atoms with Crippen molar-refractivity contribution in [2.75, 3.05) is 30.5 Å². The SMILES string of the molecule is CCNCc1ccc(N(C)C(C)CCSC)nc1. The van der Waals surface area contributed by atoms with Gasteiger partial charge in [-0.05, 0) is 43.5 Å². The van der Waals surface area contributed by atoms with Gasteiger partial charge in [-0.2, -0.15) is 11.8 Å². The smallest absolute Gasteiger partial charge is 0.128 e. The topological polar surface area (TPSA) is 28.2 Å². The quantitative estimate of drug-likeness (QED) is 0.784. The van der Waals surface area contributed by atoms with E-state index in [1.54, 1.807) is 0 Å². The second-order valence-corrected chi connectivity index (χ2v) is 5.53. The molecule has 0 aromatic carbocycles. The molecule has 0 spiro atoms. The summed E-state index contributed by atoms with van der Waals surface area (Å²) in [5, 5.41) is 3.31. The zero-order valence-electron chi connectivity index (χ0n) is 11.9. The van der Waals surface area contributed by atoms with Crippen molar-refractivity contribution in [1.82, 2.24) is 10.3 Å².